The van der Waals surface area contributed by atoms with Gasteiger partial charge in [-0.25, -0.2) is 9.59 Å². The van der Waals surface area contributed by atoms with E-state index >= 15 is 0 Å². The predicted molar refractivity (Wildman–Crippen MR) is 76.4 cm³/mol. The van der Waals surface area contributed by atoms with Crippen LogP contribution in [0.15, 0.2) is 35.3 Å². The van der Waals surface area contributed by atoms with Crippen molar-refractivity contribution in [2.24, 2.45) is 0 Å². The molecule has 0 amide bonds. The third-order valence-corrected chi connectivity index (χ3v) is 3.51. The monoisotopic (exact) mass is 306 g/mol. The fourth-order valence-corrected chi connectivity index (χ4v) is 2.25. The van der Waals surface area contributed by atoms with Crippen LogP contribution < -0.4 is 0 Å². The van der Waals surface area contributed by atoms with Gasteiger partial charge < -0.3 is 14.2 Å². The van der Waals surface area contributed by atoms with Crippen molar-refractivity contribution >= 4 is 17.7 Å². The third-order valence-electron chi connectivity index (χ3n) is 3.51. The van der Waals surface area contributed by atoms with Crippen LogP contribution in [0.2, 0.25) is 0 Å². The van der Waals surface area contributed by atoms with E-state index in [2.05, 4.69) is 11.7 Å². The van der Waals surface area contributed by atoms with Crippen molar-refractivity contribution in [3.63, 3.8) is 0 Å². The minimum Gasteiger partial charge on any atom is -0.482 e. The first kappa shape index (κ1) is 16.0. The van der Waals surface area contributed by atoms with Gasteiger partial charge in [-0.1, -0.05) is 13.3 Å². The SMILES string of the molecule is CCCCC1(C)C=CC(=C2C(=O)OC(=CC(=O)OC)C2=O)O1. The first-order chi connectivity index (χ1) is 10.4. The number of cyclic esters (lactones) is 1. The number of unbranched alkanes of at least 4 members (excludes halogenated alkanes) is 1. The second kappa shape index (κ2) is 6.17. The van der Waals surface area contributed by atoms with Crippen molar-refractivity contribution < 1.29 is 28.6 Å². The van der Waals surface area contributed by atoms with E-state index in [1.54, 1.807) is 6.08 Å². The van der Waals surface area contributed by atoms with Crippen LogP contribution in [0.25, 0.3) is 0 Å². The van der Waals surface area contributed by atoms with Crippen LogP contribution in [0.1, 0.15) is 33.1 Å². The highest BCUT2D eigenvalue weighted by molar-refractivity contribution is 6.29. The van der Waals surface area contributed by atoms with Crippen LogP contribution in [0.5, 0.6) is 0 Å². The molecule has 0 saturated carbocycles. The first-order valence-corrected chi connectivity index (χ1v) is 7.09. The number of hydrogen-bond acceptors (Lipinski definition) is 6. The average molecular weight is 306 g/mol. The number of carbonyl (C=O) groups excluding carboxylic acids is 3. The molecule has 0 N–H and O–H groups in total. The van der Waals surface area contributed by atoms with Gasteiger partial charge in [-0.15, -0.1) is 0 Å². The van der Waals surface area contributed by atoms with Gasteiger partial charge in [0.1, 0.15) is 11.4 Å². The summed E-state index contributed by atoms with van der Waals surface area (Å²) in [6.45, 7) is 3.96. The molecule has 1 saturated heterocycles. The number of rotatable bonds is 4. The summed E-state index contributed by atoms with van der Waals surface area (Å²) in [7, 11) is 1.17. The van der Waals surface area contributed by atoms with Crippen molar-refractivity contribution in [2.75, 3.05) is 7.11 Å². The van der Waals surface area contributed by atoms with Crippen molar-refractivity contribution in [3.05, 3.63) is 35.3 Å². The van der Waals surface area contributed by atoms with Crippen LogP contribution in [0, 0.1) is 0 Å². The molecule has 1 unspecified atom stereocenters. The number of carbonyl (C=O) groups is 3. The van der Waals surface area contributed by atoms with E-state index in [-0.39, 0.29) is 17.1 Å². The number of allylic oxidation sites excluding steroid dienone is 2. The summed E-state index contributed by atoms with van der Waals surface area (Å²) in [5.74, 6) is -2.42. The third kappa shape index (κ3) is 3.10. The minimum atomic E-state index is -0.820. The number of esters is 2. The van der Waals surface area contributed by atoms with Gasteiger partial charge in [0.05, 0.1) is 13.2 Å². The van der Waals surface area contributed by atoms with Crippen LogP contribution in [0.4, 0.5) is 0 Å². The van der Waals surface area contributed by atoms with E-state index in [0.29, 0.717) is 0 Å². The molecule has 2 aliphatic rings. The fraction of sp³-hybridized carbons (Fsp3) is 0.438. The summed E-state index contributed by atoms with van der Waals surface area (Å²) < 4.78 is 15.0. The zero-order valence-electron chi connectivity index (χ0n) is 12.8. The summed E-state index contributed by atoms with van der Waals surface area (Å²) in [4.78, 5) is 35.2. The van der Waals surface area contributed by atoms with E-state index in [4.69, 9.17) is 9.47 Å². The highest BCUT2D eigenvalue weighted by atomic mass is 16.6. The molecule has 118 valence electrons. The number of ether oxygens (including phenoxy) is 3. The van der Waals surface area contributed by atoms with Gasteiger partial charge in [-0.3, -0.25) is 4.79 Å². The lowest BCUT2D eigenvalue weighted by Gasteiger charge is -2.22. The van der Waals surface area contributed by atoms with E-state index in [0.717, 1.165) is 25.3 Å². The Kier molecular flexibility index (Phi) is 4.49. The molecule has 0 aromatic carbocycles. The lowest BCUT2D eigenvalue weighted by molar-refractivity contribution is -0.135. The number of ketones is 1. The van der Waals surface area contributed by atoms with Crippen molar-refractivity contribution in [1.29, 1.82) is 0 Å². The molecule has 0 aromatic rings. The quantitative estimate of drug-likeness (QED) is 0.449. The van der Waals surface area contributed by atoms with Gasteiger partial charge >= 0.3 is 11.9 Å². The summed E-state index contributed by atoms with van der Waals surface area (Å²) in [5.41, 5.74) is -0.722. The second-order valence-corrected chi connectivity index (χ2v) is 5.34. The summed E-state index contributed by atoms with van der Waals surface area (Å²) >= 11 is 0. The van der Waals surface area contributed by atoms with Gasteiger partial charge in [-0.2, -0.15) is 0 Å². The molecule has 2 aliphatic heterocycles. The molecular formula is C16H18O6. The Balaban J connectivity index is 2.25. The van der Waals surface area contributed by atoms with Crippen LogP contribution in [-0.2, 0) is 28.6 Å². The Morgan fingerprint density at radius 3 is 2.77 bits per heavy atom. The van der Waals surface area contributed by atoms with Crippen molar-refractivity contribution in [1.82, 2.24) is 0 Å². The molecule has 0 radical (unpaired) electrons. The Bertz CT molecular complexity index is 610. The zero-order chi connectivity index (χ0) is 16.3. The highest BCUT2D eigenvalue weighted by Crippen LogP contribution is 2.34. The normalized spacial score (nSPS) is 29.0. The Morgan fingerprint density at radius 1 is 1.41 bits per heavy atom. The van der Waals surface area contributed by atoms with Gasteiger partial charge in [0.2, 0.25) is 5.78 Å². The topological polar surface area (TPSA) is 78.9 Å². The number of Topliss-reactive ketones (excluding diaryl/α,β-unsaturated/α-hetero) is 1. The maximum absolute atomic E-state index is 12.2. The van der Waals surface area contributed by atoms with Gasteiger partial charge in [0, 0.05) is 0 Å². The molecule has 1 fully saturated rings. The minimum absolute atomic E-state index is 0.182. The van der Waals surface area contributed by atoms with E-state index in [1.165, 1.54) is 7.11 Å². The lowest BCUT2D eigenvalue weighted by atomic mass is 10.00. The molecular weight excluding hydrogens is 288 g/mol. The highest BCUT2D eigenvalue weighted by Gasteiger charge is 2.41. The molecule has 0 bridgehead atoms. The number of hydrogen-bond donors (Lipinski definition) is 0. The smallest absolute Gasteiger partial charge is 0.351 e. The predicted octanol–water partition coefficient (Wildman–Crippen LogP) is 1.96. The van der Waals surface area contributed by atoms with Gasteiger partial charge in [0.25, 0.3) is 0 Å². The van der Waals surface area contributed by atoms with Crippen LogP contribution in [0.3, 0.4) is 0 Å². The molecule has 2 rings (SSSR count). The molecule has 2 heterocycles. The van der Waals surface area contributed by atoms with E-state index < -0.39 is 23.3 Å². The summed E-state index contributed by atoms with van der Waals surface area (Å²) in [6.07, 6.45) is 7.05. The Morgan fingerprint density at radius 2 is 2.14 bits per heavy atom. The van der Waals surface area contributed by atoms with Gasteiger partial charge in [0.15, 0.2) is 11.3 Å². The molecule has 0 spiro atoms. The van der Waals surface area contributed by atoms with E-state index in [1.807, 2.05) is 13.0 Å². The lowest BCUT2D eigenvalue weighted by Crippen LogP contribution is -2.22. The van der Waals surface area contributed by atoms with Crippen molar-refractivity contribution in [3.8, 4) is 0 Å². The summed E-state index contributed by atoms with van der Waals surface area (Å²) in [5, 5.41) is 0. The maximum atomic E-state index is 12.2. The molecule has 0 aliphatic carbocycles. The maximum Gasteiger partial charge on any atom is 0.351 e. The molecule has 6 heteroatoms. The first-order valence-electron chi connectivity index (χ1n) is 7.09. The largest absolute Gasteiger partial charge is 0.482 e. The summed E-state index contributed by atoms with van der Waals surface area (Å²) in [6, 6.07) is 0. The van der Waals surface area contributed by atoms with Crippen molar-refractivity contribution in [2.45, 2.75) is 38.7 Å². The van der Waals surface area contributed by atoms with Crippen LogP contribution in [-0.4, -0.2) is 30.4 Å². The molecule has 0 aromatic heterocycles. The zero-order valence-corrected chi connectivity index (χ0v) is 12.8. The Hall–Kier alpha value is -2.37. The number of methoxy groups -OCH3 is 1. The fourth-order valence-electron chi connectivity index (χ4n) is 2.25. The Labute approximate surface area is 128 Å². The molecule has 22 heavy (non-hydrogen) atoms. The average Bonchev–Trinajstić information content (AvgIpc) is 2.98. The van der Waals surface area contributed by atoms with Gasteiger partial charge in [-0.05, 0) is 31.9 Å². The second-order valence-electron chi connectivity index (χ2n) is 5.34. The molecule has 6 nitrogen and oxygen atoms in total. The van der Waals surface area contributed by atoms with Crippen LogP contribution >= 0.6 is 0 Å². The van der Waals surface area contributed by atoms with E-state index in [9.17, 15) is 14.4 Å². The molecule has 1 atom stereocenters. The standard InChI is InChI=1S/C16H18O6/c1-4-5-7-16(2)8-6-10(22-16)13-14(18)11(21-15(13)19)9-12(17)20-3/h6,8-9H,4-5,7H2,1-3H3.